The Morgan fingerprint density at radius 3 is 1.50 bits per heavy atom. The standard InChI is InChI=1S/C2H4ClN3O2/c3-6(1(4)7)2(5)8/h(H2,4,7)(H2,5,8). The van der Waals surface area contributed by atoms with E-state index < -0.39 is 12.1 Å². The van der Waals surface area contributed by atoms with E-state index in [1.165, 1.54) is 0 Å². The lowest BCUT2D eigenvalue weighted by molar-refractivity contribution is 0.219. The topological polar surface area (TPSA) is 89.4 Å². The number of carbonyl (C=O) groups excluding carboxylic acids is 2. The van der Waals surface area contributed by atoms with Crippen LogP contribution in [0.5, 0.6) is 0 Å². The lowest BCUT2D eigenvalue weighted by Gasteiger charge is -2.01. The van der Waals surface area contributed by atoms with Crippen LogP contribution in [0.1, 0.15) is 0 Å². The summed E-state index contributed by atoms with van der Waals surface area (Å²) in [7, 11) is 0. The third-order valence-corrected chi connectivity index (χ3v) is 0.720. The number of urea groups is 2. The van der Waals surface area contributed by atoms with Gasteiger partial charge in [0, 0.05) is 11.8 Å². The molecule has 0 aliphatic rings. The van der Waals surface area contributed by atoms with Gasteiger partial charge in [-0.1, -0.05) is 0 Å². The zero-order chi connectivity index (χ0) is 6.73. The van der Waals surface area contributed by atoms with Crippen molar-refractivity contribution in [2.75, 3.05) is 0 Å². The van der Waals surface area contributed by atoms with Crippen molar-refractivity contribution in [1.82, 2.24) is 4.42 Å². The van der Waals surface area contributed by atoms with Crippen LogP contribution in [-0.4, -0.2) is 16.5 Å². The normalized spacial score (nSPS) is 8.12. The molecule has 5 nitrogen and oxygen atoms in total. The molecule has 0 radical (unpaired) electrons. The predicted molar refractivity (Wildman–Crippen MR) is 26.9 cm³/mol. The molecule has 0 aliphatic carbocycles. The van der Waals surface area contributed by atoms with Crippen LogP contribution in [0.15, 0.2) is 0 Å². The Bertz CT molecular complexity index is 110. The first-order chi connectivity index (χ1) is 3.55. The first-order valence-electron chi connectivity index (χ1n) is 1.60. The van der Waals surface area contributed by atoms with Crippen molar-refractivity contribution in [3.8, 4) is 0 Å². The highest BCUT2D eigenvalue weighted by atomic mass is 35.5. The Morgan fingerprint density at radius 2 is 1.50 bits per heavy atom. The summed E-state index contributed by atoms with van der Waals surface area (Å²) in [5, 5.41) is 0. The zero-order valence-electron chi connectivity index (χ0n) is 3.80. The van der Waals surface area contributed by atoms with E-state index >= 15 is 0 Å². The number of hydrogen-bond donors (Lipinski definition) is 2. The van der Waals surface area contributed by atoms with Crippen molar-refractivity contribution in [3.05, 3.63) is 0 Å². The fourth-order valence-corrected chi connectivity index (χ4v) is 0.109. The van der Waals surface area contributed by atoms with Crippen molar-refractivity contribution in [2.45, 2.75) is 0 Å². The molecule has 4 N–H and O–H groups in total. The van der Waals surface area contributed by atoms with Crippen molar-refractivity contribution >= 4 is 23.8 Å². The van der Waals surface area contributed by atoms with Gasteiger partial charge in [0.1, 0.15) is 0 Å². The lowest BCUT2D eigenvalue weighted by atomic mass is 10.9. The minimum absolute atomic E-state index is 0.0833. The molecule has 0 aromatic heterocycles. The number of rotatable bonds is 0. The predicted octanol–water partition coefficient (Wildman–Crippen LogP) is -0.400. The summed E-state index contributed by atoms with van der Waals surface area (Å²) in [5.41, 5.74) is 8.98. The minimum atomic E-state index is -1.08. The Kier molecular flexibility index (Phi) is 2.08. The van der Waals surface area contributed by atoms with Crippen molar-refractivity contribution in [3.63, 3.8) is 0 Å². The van der Waals surface area contributed by atoms with Crippen LogP contribution in [0.4, 0.5) is 9.59 Å². The van der Waals surface area contributed by atoms with Gasteiger partial charge in [-0.15, -0.1) is 0 Å². The second-order valence-electron chi connectivity index (χ2n) is 0.957. The van der Waals surface area contributed by atoms with Crippen LogP contribution in [0.25, 0.3) is 0 Å². The van der Waals surface area contributed by atoms with Crippen molar-refractivity contribution in [1.29, 1.82) is 0 Å². The molecule has 4 amide bonds. The average molecular weight is 138 g/mol. The van der Waals surface area contributed by atoms with E-state index in [-0.39, 0.29) is 4.42 Å². The van der Waals surface area contributed by atoms with E-state index in [4.69, 9.17) is 11.8 Å². The van der Waals surface area contributed by atoms with Gasteiger partial charge in [-0.05, 0) is 0 Å². The van der Waals surface area contributed by atoms with Gasteiger partial charge in [-0.3, -0.25) is 0 Å². The summed E-state index contributed by atoms with van der Waals surface area (Å²) in [6.07, 6.45) is 0. The number of halogens is 1. The van der Waals surface area contributed by atoms with Gasteiger partial charge in [0.15, 0.2) is 0 Å². The van der Waals surface area contributed by atoms with Crippen LogP contribution in [0.3, 0.4) is 0 Å². The highest BCUT2D eigenvalue weighted by Gasteiger charge is 2.10. The SMILES string of the molecule is NC(=O)N(Cl)C(N)=O. The quantitative estimate of drug-likeness (QED) is 0.445. The van der Waals surface area contributed by atoms with E-state index in [9.17, 15) is 9.59 Å². The maximum Gasteiger partial charge on any atom is 0.338 e. The summed E-state index contributed by atoms with van der Waals surface area (Å²) in [4.78, 5) is 19.7. The van der Waals surface area contributed by atoms with Crippen LogP contribution >= 0.6 is 11.8 Å². The molecular formula is C2H4ClN3O2. The van der Waals surface area contributed by atoms with E-state index in [1.807, 2.05) is 0 Å². The summed E-state index contributed by atoms with van der Waals surface area (Å²) in [6, 6.07) is -2.17. The molecule has 0 rings (SSSR count). The van der Waals surface area contributed by atoms with Crippen molar-refractivity contribution in [2.24, 2.45) is 11.5 Å². The second-order valence-corrected chi connectivity index (χ2v) is 1.30. The summed E-state index contributed by atoms with van der Waals surface area (Å²) in [6.45, 7) is 0. The zero-order valence-corrected chi connectivity index (χ0v) is 4.55. The highest BCUT2D eigenvalue weighted by molar-refractivity contribution is 6.29. The molecule has 6 heteroatoms. The number of primary amides is 2. The van der Waals surface area contributed by atoms with E-state index in [0.29, 0.717) is 0 Å². The molecule has 0 unspecified atom stereocenters. The van der Waals surface area contributed by atoms with Crippen molar-refractivity contribution < 1.29 is 9.59 Å². The van der Waals surface area contributed by atoms with Crippen LogP contribution < -0.4 is 11.5 Å². The van der Waals surface area contributed by atoms with Crippen LogP contribution in [-0.2, 0) is 0 Å². The van der Waals surface area contributed by atoms with Crippen LogP contribution in [0, 0.1) is 0 Å². The molecular weight excluding hydrogens is 133 g/mol. The molecule has 0 saturated carbocycles. The number of nitrogens with two attached hydrogens (primary N) is 2. The fraction of sp³-hybridized carbons (Fsp3) is 0. The molecule has 46 valence electrons. The Labute approximate surface area is 50.3 Å². The van der Waals surface area contributed by atoms with E-state index in [0.717, 1.165) is 0 Å². The highest BCUT2D eigenvalue weighted by Crippen LogP contribution is 1.89. The summed E-state index contributed by atoms with van der Waals surface area (Å²) >= 11 is 4.83. The molecule has 0 heterocycles. The lowest BCUT2D eigenvalue weighted by Crippen LogP contribution is -2.36. The number of amides is 4. The molecule has 0 spiro atoms. The van der Waals surface area contributed by atoms with Gasteiger partial charge < -0.3 is 11.5 Å². The molecule has 0 aliphatic heterocycles. The van der Waals surface area contributed by atoms with Gasteiger partial charge in [0.05, 0.1) is 0 Å². The molecule has 0 aromatic carbocycles. The number of carbonyl (C=O) groups is 2. The summed E-state index contributed by atoms with van der Waals surface area (Å²) < 4.78 is 0.0833. The second kappa shape index (κ2) is 2.37. The molecule has 0 saturated heterocycles. The molecule has 0 aromatic rings. The minimum Gasteiger partial charge on any atom is -0.350 e. The monoisotopic (exact) mass is 137 g/mol. The molecule has 0 fully saturated rings. The van der Waals surface area contributed by atoms with Crippen LogP contribution in [0.2, 0.25) is 0 Å². The Balaban J connectivity index is 3.83. The largest absolute Gasteiger partial charge is 0.350 e. The first-order valence-corrected chi connectivity index (χ1v) is 1.94. The maximum atomic E-state index is 9.86. The van der Waals surface area contributed by atoms with Gasteiger partial charge in [-0.2, -0.15) is 4.42 Å². The van der Waals surface area contributed by atoms with E-state index in [1.54, 1.807) is 0 Å². The smallest absolute Gasteiger partial charge is 0.338 e. The summed E-state index contributed by atoms with van der Waals surface area (Å²) in [5.74, 6) is 0. The molecule has 0 atom stereocenters. The van der Waals surface area contributed by atoms with Gasteiger partial charge in [0.25, 0.3) is 0 Å². The third kappa shape index (κ3) is 1.65. The molecule has 0 bridgehead atoms. The first kappa shape index (κ1) is 7.03. The number of hydrogen-bond acceptors (Lipinski definition) is 2. The molecule has 8 heavy (non-hydrogen) atoms. The number of nitrogens with zero attached hydrogens (tertiary/aromatic N) is 1. The third-order valence-electron chi connectivity index (χ3n) is 0.387. The van der Waals surface area contributed by atoms with Gasteiger partial charge in [0.2, 0.25) is 0 Å². The Hall–Kier alpha value is -0.970. The number of imide groups is 1. The average Bonchev–Trinajstić information content (AvgIpc) is 1.64. The Morgan fingerprint density at radius 1 is 1.25 bits per heavy atom. The van der Waals surface area contributed by atoms with E-state index in [2.05, 4.69) is 11.5 Å². The maximum absolute atomic E-state index is 9.86. The van der Waals surface area contributed by atoms with Gasteiger partial charge in [-0.25, -0.2) is 9.59 Å². The van der Waals surface area contributed by atoms with Gasteiger partial charge >= 0.3 is 12.1 Å². The fourth-order valence-electron chi connectivity index (χ4n) is 0.109.